The van der Waals surface area contributed by atoms with Gasteiger partial charge in [-0.1, -0.05) is 23.2 Å². The highest BCUT2D eigenvalue weighted by molar-refractivity contribution is 6.51. The molecule has 0 amide bonds. The maximum atomic E-state index is 12.1. The molecule has 8 heteroatoms. The molecule has 0 unspecified atom stereocenters. The van der Waals surface area contributed by atoms with Crippen LogP contribution in [0, 0.1) is 0 Å². The molecular weight excluding hydrogens is 233 g/mol. The van der Waals surface area contributed by atoms with Gasteiger partial charge in [0.25, 0.3) is 4.33 Å². The molecule has 1 aliphatic rings. The van der Waals surface area contributed by atoms with Crippen molar-refractivity contribution >= 4 is 23.2 Å². The van der Waals surface area contributed by atoms with Crippen LogP contribution in [0.3, 0.4) is 0 Å². The lowest BCUT2D eigenvalue weighted by molar-refractivity contribution is -0.403. The van der Waals surface area contributed by atoms with Crippen molar-refractivity contribution in [3.05, 3.63) is 0 Å². The highest BCUT2D eigenvalue weighted by Gasteiger charge is 2.98. The Bertz CT molecular complexity index is 158. The Balaban J connectivity index is 3.16. The van der Waals surface area contributed by atoms with Gasteiger partial charge >= 0.3 is 17.8 Å². The van der Waals surface area contributed by atoms with E-state index in [1.807, 2.05) is 0 Å². The first-order valence-electron chi connectivity index (χ1n) is 2.51. The van der Waals surface area contributed by atoms with Gasteiger partial charge in [0.2, 0.25) is 0 Å². The number of alkyl halides is 8. The van der Waals surface area contributed by atoms with Crippen LogP contribution in [-0.4, -0.2) is 22.1 Å². The maximum absolute atomic E-state index is 12.1. The minimum absolute atomic E-state index is 4.02. The first-order chi connectivity index (χ1) is 5.00. The summed E-state index contributed by atoms with van der Waals surface area (Å²) < 4.78 is 68.2. The van der Waals surface area contributed by atoms with Crippen molar-refractivity contribution in [3.8, 4) is 0 Å². The lowest BCUT2D eigenvalue weighted by atomic mass is 9.83. The van der Waals surface area contributed by atoms with Crippen molar-refractivity contribution in [2.75, 3.05) is 0 Å². The molecule has 0 aromatic rings. The minimum atomic E-state index is -5.48. The van der Waals surface area contributed by atoms with E-state index in [1.54, 1.807) is 0 Å². The third-order valence-corrected chi connectivity index (χ3v) is 2.53. The molecule has 0 N–H and O–H groups in total. The zero-order chi connectivity index (χ0) is 10.0. The average molecular weight is 233 g/mol. The molecule has 0 spiro atoms. The lowest BCUT2D eigenvalue weighted by Gasteiger charge is -2.51. The predicted octanol–water partition coefficient (Wildman–Crippen LogP) is 3.08. The third kappa shape index (κ3) is 0.652. The molecule has 0 atom stereocenters. The summed E-state index contributed by atoms with van der Waals surface area (Å²) in [5, 5.41) is 0. The summed E-state index contributed by atoms with van der Waals surface area (Å²) >= 11 is 8.72. The molecule has 0 bridgehead atoms. The fourth-order valence-corrected chi connectivity index (χ4v) is 1.20. The zero-order valence-corrected chi connectivity index (χ0v) is 6.54. The smallest absolute Gasteiger partial charge is 0.196 e. The second-order valence-corrected chi connectivity index (χ2v) is 3.62. The largest absolute Gasteiger partial charge is 0.378 e. The van der Waals surface area contributed by atoms with Gasteiger partial charge in [0.1, 0.15) is 0 Å². The highest BCUT2D eigenvalue weighted by Crippen LogP contribution is 2.71. The van der Waals surface area contributed by atoms with Gasteiger partial charge < -0.3 is 0 Å². The maximum Gasteiger partial charge on any atom is 0.378 e. The Kier molecular flexibility index (Phi) is 1.68. The Morgan fingerprint density at radius 1 is 0.583 bits per heavy atom. The molecule has 1 fully saturated rings. The van der Waals surface area contributed by atoms with Crippen LogP contribution in [0.1, 0.15) is 0 Å². The van der Waals surface area contributed by atoms with Gasteiger partial charge in [-0.05, 0) is 0 Å². The summed E-state index contributed by atoms with van der Waals surface area (Å²) in [5.41, 5.74) is 0. The van der Waals surface area contributed by atoms with E-state index in [9.17, 15) is 26.3 Å². The molecule has 72 valence electrons. The number of hydrogen-bond acceptors (Lipinski definition) is 0. The van der Waals surface area contributed by atoms with Crippen LogP contribution < -0.4 is 0 Å². The van der Waals surface area contributed by atoms with Crippen molar-refractivity contribution in [2.45, 2.75) is 22.1 Å². The summed E-state index contributed by atoms with van der Waals surface area (Å²) in [4.78, 5) is 0. The van der Waals surface area contributed by atoms with Crippen molar-refractivity contribution in [2.24, 2.45) is 0 Å². The van der Waals surface area contributed by atoms with E-state index >= 15 is 0 Å². The fourth-order valence-electron chi connectivity index (χ4n) is 0.726. The first-order valence-corrected chi connectivity index (χ1v) is 3.27. The van der Waals surface area contributed by atoms with Crippen LogP contribution in [0.25, 0.3) is 0 Å². The van der Waals surface area contributed by atoms with E-state index in [4.69, 9.17) is 0 Å². The zero-order valence-electron chi connectivity index (χ0n) is 5.02. The van der Waals surface area contributed by atoms with Crippen LogP contribution in [0.5, 0.6) is 0 Å². The summed E-state index contributed by atoms with van der Waals surface area (Å²) in [6.45, 7) is 0. The standard InChI is InChI=1S/C4Cl2F6/c5-1(6)2(7,8)4(11,12)3(1,9)10. The third-order valence-electron chi connectivity index (χ3n) is 1.58. The van der Waals surface area contributed by atoms with E-state index in [0.29, 0.717) is 0 Å². The van der Waals surface area contributed by atoms with Gasteiger partial charge in [0.05, 0.1) is 0 Å². The van der Waals surface area contributed by atoms with Crippen LogP contribution in [0.15, 0.2) is 0 Å². The quantitative estimate of drug-likeness (QED) is 0.445. The second-order valence-electron chi connectivity index (χ2n) is 2.30. The van der Waals surface area contributed by atoms with Crippen molar-refractivity contribution in [1.29, 1.82) is 0 Å². The van der Waals surface area contributed by atoms with E-state index in [-0.39, 0.29) is 0 Å². The van der Waals surface area contributed by atoms with E-state index in [2.05, 4.69) is 23.2 Å². The van der Waals surface area contributed by atoms with Crippen LogP contribution in [0.2, 0.25) is 0 Å². The van der Waals surface area contributed by atoms with Gasteiger partial charge in [0.15, 0.2) is 0 Å². The van der Waals surface area contributed by atoms with Crippen molar-refractivity contribution in [1.82, 2.24) is 0 Å². The van der Waals surface area contributed by atoms with Crippen molar-refractivity contribution < 1.29 is 26.3 Å². The number of rotatable bonds is 0. The first kappa shape index (κ1) is 10.2. The molecule has 0 heterocycles. The Hall–Kier alpha value is 0.160. The SMILES string of the molecule is FC1(F)C(F)(F)C(Cl)(Cl)C1(F)F. The van der Waals surface area contributed by atoms with Crippen LogP contribution >= 0.6 is 23.2 Å². The van der Waals surface area contributed by atoms with Gasteiger partial charge in [-0.3, -0.25) is 0 Å². The number of hydrogen-bond donors (Lipinski definition) is 0. The van der Waals surface area contributed by atoms with Gasteiger partial charge in [-0.25, -0.2) is 0 Å². The summed E-state index contributed by atoms with van der Waals surface area (Å²) in [7, 11) is 0. The molecule has 0 aromatic carbocycles. The van der Waals surface area contributed by atoms with Crippen LogP contribution in [-0.2, 0) is 0 Å². The molecule has 1 saturated carbocycles. The molecule has 1 aliphatic carbocycles. The lowest BCUT2D eigenvalue weighted by Crippen LogP contribution is -2.81. The Morgan fingerprint density at radius 2 is 0.833 bits per heavy atom. The highest BCUT2D eigenvalue weighted by atomic mass is 35.5. The monoisotopic (exact) mass is 232 g/mol. The second kappa shape index (κ2) is 1.97. The molecule has 0 saturated heterocycles. The normalized spacial score (nSPS) is 34.0. The Labute approximate surface area is 72.4 Å². The molecule has 0 nitrogen and oxygen atoms in total. The average Bonchev–Trinajstić information content (AvgIpc) is 1.84. The van der Waals surface area contributed by atoms with Crippen molar-refractivity contribution in [3.63, 3.8) is 0 Å². The van der Waals surface area contributed by atoms with Gasteiger partial charge in [-0.2, -0.15) is 26.3 Å². The molecule has 0 aliphatic heterocycles. The summed E-state index contributed by atoms with van der Waals surface area (Å²) in [6.07, 6.45) is 0. The van der Waals surface area contributed by atoms with E-state index < -0.39 is 22.1 Å². The molecular formula is C4Cl2F6. The summed E-state index contributed by atoms with van der Waals surface area (Å²) in [6, 6.07) is 0. The predicted molar refractivity (Wildman–Crippen MR) is 29.3 cm³/mol. The van der Waals surface area contributed by atoms with E-state index in [1.165, 1.54) is 0 Å². The molecule has 0 radical (unpaired) electrons. The van der Waals surface area contributed by atoms with E-state index in [0.717, 1.165) is 0 Å². The van der Waals surface area contributed by atoms with Gasteiger partial charge in [-0.15, -0.1) is 0 Å². The minimum Gasteiger partial charge on any atom is -0.196 e. The molecule has 0 aromatic heterocycles. The van der Waals surface area contributed by atoms with Gasteiger partial charge in [0, 0.05) is 0 Å². The Morgan fingerprint density at radius 3 is 0.917 bits per heavy atom. The fraction of sp³-hybridized carbons (Fsp3) is 1.00. The topological polar surface area (TPSA) is 0 Å². The molecule has 12 heavy (non-hydrogen) atoms. The summed E-state index contributed by atoms with van der Waals surface area (Å²) in [5.74, 6) is -15.7. The van der Waals surface area contributed by atoms with Crippen LogP contribution in [0.4, 0.5) is 26.3 Å². The number of halogens is 8. The molecule has 1 rings (SSSR count).